The summed E-state index contributed by atoms with van der Waals surface area (Å²) in [5.41, 5.74) is 2.20. The molecule has 1 amide bonds. The summed E-state index contributed by atoms with van der Waals surface area (Å²) in [5, 5.41) is 14.4. The highest BCUT2D eigenvalue weighted by Gasteiger charge is 2.22. The summed E-state index contributed by atoms with van der Waals surface area (Å²) in [5.74, 6) is -0.319. The number of carbonyl (C=O) groups excluding carboxylic acids is 1. The third-order valence-corrected chi connectivity index (χ3v) is 5.16. The van der Waals surface area contributed by atoms with E-state index >= 15 is 0 Å². The van der Waals surface area contributed by atoms with Gasteiger partial charge in [-0.2, -0.15) is 0 Å². The molecule has 1 saturated heterocycles. The Hall–Kier alpha value is -2.64. The van der Waals surface area contributed by atoms with E-state index in [0.717, 1.165) is 49.9 Å². The fraction of sp³-hybridized carbons (Fsp3) is 0.350. The first-order chi connectivity index (χ1) is 13.5. The number of hydrogen-bond acceptors (Lipinski definition) is 5. The number of nitrogens with zero attached hydrogens (tertiary/aromatic N) is 3. The van der Waals surface area contributed by atoms with Gasteiger partial charge in [-0.05, 0) is 30.2 Å². The van der Waals surface area contributed by atoms with Gasteiger partial charge in [0.05, 0.1) is 16.2 Å². The molecule has 0 unspecified atom stereocenters. The molecule has 1 fully saturated rings. The second-order valence-corrected chi connectivity index (χ2v) is 7.22. The van der Waals surface area contributed by atoms with Gasteiger partial charge in [-0.25, -0.2) is 0 Å². The van der Waals surface area contributed by atoms with E-state index in [1.807, 2.05) is 24.3 Å². The van der Waals surface area contributed by atoms with Gasteiger partial charge in [-0.1, -0.05) is 23.7 Å². The lowest BCUT2D eigenvalue weighted by Crippen LogP contribution is -2.32. The maximum atomic E-state index is 12.3. The first-order valence-electron chi connectivity index (χ1n) is 9.20. The Morgan fingerprint density at radius 2 is 1.89 bits per heavy atom. The van der Waals surface area contributed by atoms with Gasteiger partial charge in [0.25, 0.3) is 11.6 Å². The standard InChI is InChI=1S/C20H23ClN4O3/c1-22-20(26)18-13-17(25(27)28)7-8-19(18)24-10-2-9-23(11-12-24)14-15-3-5-16(21)6-4-15/h3-8,13H,2,9-12,14H2,1H3,(H,22,26). The van der Waals surface area contributed by atoms with Crippen LogP contribution in [0.15, 0.2) is 42.5 Å². The molecule has 7 nitrogen and oxygen atoms in total. The van der Waals surface area contributed by atoms with Gasteiger partial charge in [-0.3, -0.25) is 19.8 Å². The molecule has 0 radical (unpaired) electrons. The molecule has 0 aliphatic carbocycles. The lowest BCUT2D eigenvalue weighted by molar-refractivity contribution is -0.384. The minimum Gasteiger partial charge on any atom is -0.370 e. The Bertz CT molecular complexity index is 857. The quantitative estimate of drug-likeness (QED) is 0.613. The molecule has 0 aromatic heterocycles. The van der Waals surface area contributed by atoms with Crippen LogP contribution in [0.2, 0.25) is 5.02 Å². The number of hydrogen-bond donors (Lipinski definition) is 1. The summed E-state index contributed by atoms with van der Waals surface area (Å²) in [4.78, 5) is 27.4. The van der Waals surface area contributed by atoms with Crippen LogP contribution in [0.5, 0.6) is 0 Å². The fourth-order valence-electron chi connectivity index (χ4n) is 3.45. The van der Waals surface area contributed by atoms with Crippen LogP contribution in [0.1, 0.15) is 22.3 Å². The third kappa shape index (κ3) is 4.79. The molecule has 2 aromatic rings. The molecule has 1 aliphatic heterocycles. The summed E-state index contributed by atoms with van der Waals surface area (Å²) in [6, 6.07) is 12.3. The number of nitro benzene ring substituents is 1. The number of non-ortho nitro benzene ring substituents is 1. The molecular formula is C20H23ClN4O3. The number of anilines is 1. The van der Waals surface area contributed by atoms with E-state index in [0.29, 0.717) is 5.56 Å². The van der Waals surface area contributed by atoms with E-state index < -0.39 is 4.92 Å². The lowest BCUT2D eigenvalue weighted by atomic mass is 10.1. The normalized spacial score (nSPS) is 15.1. The summed E-state index contributed by atoms with van der Waals surface area (Å²) in [6.07, 6.45) is 0.942. The maximum Gasteiger partial charge on any atom is 0.270 e. The largest absolute Gasteiger partial charge is 0.370 e. The average molecular weight is 403 g/mol. The maximum absolute atomic E-state index is 12.3. The van der Waals surface area contributed by atoms with E-state index in [4.69, 9.17) is 11.6 Å². The number of halogens is 1. The van der Waals surface area contributed by atoms with Gasteiger partial charge in [0.2, 0.25) is 0 Å². The molecule has 0 spiro atoms. The zero-order valence-corrected chi connectivity index (χ0v) is 16.5. The van der Waals surface area contributed by atoms with Crippen LogP contribution in [0.25, 0.3) is 0 Å². The Morgan fingerprint density at radius 3 is 2.57 bits per heavy atom. The van der Waals surface area contributed by atoms with Crippen molar-refractivity contribution in [3.8, 4) is 0 Å². The van der Waals surface area contributed by atoms with Crippen LogP contribution in [0.4, 0.5) is 11.4 Å². The SMILES string of the molecule is CNC(=O)c1cc([N+](=O)[O-])ccc1N1CCCN(Cc2ccc(Cl)cc2)CC1. The molecule has 0 saturated carbocycles. The van der Waals surface area contributed by atoms with E-state index in [1.165, 1.54) is 24.7 Å². The molecule has 8 heteroatoms. The lowest BCUT2D eigenvalue weighted by Gasteiger charge is -2.25. The zero-order valence-electron chi connectivity index (χ0n) is 15.7. The summed E-state index contributed by atoms with van der Waals surface area (Å²) < 4.78 is 0. The van der Waals surface area contributed by atoms with Crippen molar-refractivity contribution < 1.29 is 9.72 Å². The number of nitrogens with one attached hydrogen (secondary N) is 1. The summed E-state index contributed by atoms with van der Waals surface area (Å²) in [6.45, 7) is 4.16. The van der Waals surface area contributed by atoms with Crippen molar-refractivity contribution in [3.63, 3.8) is 0 Å². The third-order valence-electron chi connectivity index (χ3n) is 4.91. The van der Waals surface area contributed by atoms with Gasteiger partial charge in [0.15, 0.2) is 0 Å². The molecule has 2 aromatic carbocycles. The number of rotatable bonds is 5. The minimum absolute atomic E-state index is 0.0819. The van der Waals surface area contributed by atoms with Crippen molar-refractivity contribution >= 4 is 28.9 Å². The molecule has 1 heterocycles. The Labute approximate surface area is 169 Å². The van der Waals surface area contributed by atoms with Crippen LogP contribution < -0.4 is 10.2 Å². The molecule has 1 N–H and O–H groups in total. The molecule has 148 valence electrons. The molecule has 28 heavy (non-hydrogen) atoms. The summed E-state index contributed by atoms with van der Waals surface area (Å²) >= 11 is 5.96. The monoisotopic (exact) mass is 402 g/mol. The highest BCUT2D eigenvalue weighted by atomic mass is 35.5. The van der Waals surface area contributed by atoms with E-state index in [1.54, 1.807) is 6.07 Å². The van der Waals surface area contributed by atoms with Crippen molar-refractivity contribution in [3.05, 3.63) is 68.7 Å². The molecule has 3 rings (SSSR count). The number of carbonyl (C=O) groups is 1. The highest BCUT2D eigenvalue weighted by molar-refractivity contribution is 6.30. The number of amides is 1. The van der Waals surface area contributed by atoms with Crippen molar-refractivity contribution in [1.29, 1.82) is 0 Å². The van der Waals surface area contributed by atoms with Crippen LogP contribution >= 0.6 is 11.6 Å². The molecular weight excluding hydrogens is 380 g/mol. The van der Waals surface area contributed by atoms with Crippen molar-refractivity contribution in [2.75, 3.05) is 38.1 Å². The van der Waals surface area contributed by atoms with Crippen molar-refractivity contribution in [2.24, 2.45) is 0 Å². The van der Waals surface area contributed by atoms with Crippen molar-refractivity contribution in [2.45, 2.75) is 13.0 Å². The predicted molar refractivity (Wildman–Crippen MR) is 110 cm³/mol. The molecule has 0 atom stereocenters. The van der Waals surface area contributed by atoms with Crippen LogP contribution in [0, 0.1) is 10.1 Å². The average Bonchev–Trinajstić information content (AvgIpc) is 2.94. The predicted octanol–water partition coefficient (Wildman–Crippen LogP) is 3.32. The second kappa shape index (κ2) is 9.03. The van der Waals surface area contributed by atoms with Crippen LogP contribution in [0.3, 0.4) is 0 Å². The van der Waals surface area contributed by atoms with E-state index in [9.17, 15) is 14.9 Å². The Kier molecular flexibility index (Phi) is 6.49. The summed E-state index contributed by atoms with van der Waals surface area (Å²) in [7, 11) is 1.53. The highest BCUT2D eigenvalue weighted by Crippen LogP contribution is 2.27. The first-order valence-corrected chi connectivity index (χ1v) is 9.58. The molecule has 1 aliphatic rings. The van der Waals surface area contributed by atoms with Gasteiger partial charge in [0, 0.05) is 56.9 Å². The molecule has 0 bridgehead atoms. The van der Waals surface area contributed by atoms with Gasteiger partial charge >= 0.3 is 0 Å². The fourth-order valence-corrected chi connectivity index (χ4v) is 3.57. The number of nitro groups is 1. The van der Waals surface area contributed by atoms with E-state index in [-0.39, 0.29) is 11.6 Å². The van der Waals surface area contributed by atoms with Crippen LogP contribution in [-0.4, -0.2) is 49.0 Å². The van der Waals surface area contributed by atoms with Gasteiger partial charge in [0.1, 0.15) is 0 Å². The minimum atomic E-state index is -0.480. The van der Waals surface area contributed by atoms with Gasteiger partial charge < -0.3 is 10.2 Å². The van der Waals surface area contributed by atoms with Crippen LogP contribution in [-0.2, 0) is 6.54 Å². The zero-order chi connectivity index (χ0) is 20.1. The Morgan fingerprint density at radius 1 is 1.14 bits per heavy atom. The van der Waals surface area contributed by atoms with Gasteiger partial charge in [-0.15, -0.1) is 0 Å². The second-order valence-electron chi connectivity index (χ2n) is 6.78. The Balaban J connectivity index is 1.75. The first kappa shape index (κ1) is 20.1. The van der Waals surface area contributed by atoms with E-state index in [2.05, 4.69) is 15.1 Å². The number of benzene rings is 2. The smallest absolute Gasteiger partial charge is 0.270 e. The van der Waals surface area contributed by atoms with Crippen molar-refractivity contribution in [1.82, 2.24) is 10.2 Å². The topological polar surface area (TPSA) is 78.7 Å².